The minimum atomic E-state index is -1.19. The van der Waals surface area contributed by atoms with Crippen LogP contribution >= 0.6 is 0 Å². The molecule has 0 amide bonds. The molecule has 0 heterocycles. The topological polar surface area (TPSA) is 74.6 Å². The molecule has 0 radical (unpaired) electrons. The first-order valence-electron chi connectivity index (χ1n) is 4.20. The summed E-state index contributed by atoms with van der Waals surface area (Å²) in [4.78, 5) is 20.9. The number of carboxylic acid groups (broad SMARTS) is 2. The van der Waals surface area contributed by atoms with Gasteiger partial charge in [-0.2, -0.15) is 0 Å². The predicted octanol–water partition coefficient (Wildman–Crippen LogP) is 1.08. The van der Waals surface area contributed by atoms with Gasteiger partial charge >= 0.3 is 11.9 Å². The summed E-state index contributed by atoms with van der Waals surface area (Å²) in [5.41, 5.74) is 0.136. The van der Waals surface area contributed by atoms with E-state index in [0.717, 1.165) is 6.07 Å². The first-order chi connectivity index (χ1) is 7.00. The van der Waals surface area contributed by atoms with Crippen molar-refractivity contribution in [3.05, 3.63) is 35.1 Å². The van der Waals surface area contributed by atoms with Gasteiger partial charge in [-0.1, -0.05) is 12.1 Å². The van der Waals surface area contributed by atoms with E-state index in [1.165, 1.54) is 12.1 Å². The maximum atomic E-state index is 13.2. The second-order valence-electron chi connectivity index (χ2n) is 3.02. The Hall–Kier alpha value is -1.91. The molecule has 0 aromatic heterocycles. The van der Waals surface area contributed by atoms with Gasteiger partial charge in [0.2, 0.25) is 0 Å². The zero-order valence-electron chi connectivity index (χ0n) is 7.74. The first kappa shape index (κ1) is 11.2. The molecule has 0 atom stereocenters. The van der Waals surface area contributed by atoms with E-state index >= 15 is 0 Å². The minimum absolute atomic E-state index is 0.0626. The van der Waals surface area contributed by atoms with Crippen LogP contribution in [0.25, 0.3) is 0 Å². The molecule has 80 valence electrons. The molecule has 0 aliphatic rings. The normalized spacial score (nSPS) is 9.93. The van der Waals surface area contributed by atoms with Crippen molar-refractivity contribution in [2.75, 3.05) is 0 Å². The molecule has 0 spiro atoms. The van der Waals surface area contributed by atoms with Gasteiger partial charge in [0.1, 0.15) is 5.82 Å². The number of benzene rings is 1. The van der Waals surface area contributed by atoms with Crippen LogP contribution in [0.15, 0.2) is 18.2 Å². The van der Waals surface area contributed by atoms with Gasteiger partial charge < -0.3 is 10.2 Å². The summed E-state index contributed by atoms with van der Waals surface area (Å²) < 4.78 is 13.2. The number of rotatable bonds is 4. The van der Waals surface area contributed by atoms with Crippen molar-refractivity contribution in [3.8, 4) is 0 Å². The Morgan fingerprint density at radius 3 is 2.27 bits per heavy atom. The maximum Gasteiger partial charge on any atom is 0.307 e. The summed E-state index contributed by atoms with van der Waals surface area (Å²) >= 11 is 0. The average Bonchev–Trinajstić information content (AvgIpc) is 2.09. The summed E-state index contributed by atoms with van der Waals surface area (Å²) in [6, 6.07) is 3.89. The average molecular weight is 212 g/mol. The van der Waals surface area contributed by atoms with Crippen molar-refractivity contribution in [1.29, 1.82) is 0 Å². The summed E-state index contributed by atoms with van der Waals surface area (Å²) in [5, 5.41) is 17.1. The highest BCUT2D eigenvalue weighted by Gasteiger charge is 2.13. The molecular formula is C10H9FO4. The third kappa shape index (κ3) is 3.05. The van der Waals surface area contributed by atoms with Gasteiger partial charge in [-0.05, 0) is 11.6 Å². The van der Waals surface area contributed by atoms with Crippen LogP contribution < -0.4 is 0 Å². The molecule has 0 saturated carbocycles. The monoisotopic (exact) mass is 212 g/mol. The Balaban J connectivity index is 3.08. The SMILES string of the molecule is O=C(O)Cc1cccc(F)c1CC(=O)O. The molecule has 0 aliphatic carbocycles. The number of halogens is 1. The summed E-state index contributed by atoms with van der Waals surface area (Å²) in [7, 11) is 0. The smallest absolute Gasteiger partial charge is 0.307 e. The van der Waals surface area contributed by atoms with E-state index in [4.69, 9.17) is 10.2 Å². The Morgan fingerprint density at radius 1 is 1.13 bits per heavy atom. The van der Waals surface area contributed by atoms with Crippen molar-refractivity contribution in [2.45, 2.75) is 12.8 Å². The number of hydrogen-bond donors (Lipinski definition) is 2. The molecule has 4 nitrogen and oxygen atoms in total. The highest BCUT2D eigenvalue weighted by molar-refractivity contribution is 5.74. The van der Waals surface area contributed by atoms with E-state index in [1.807, 2.05) is 0 Å². The molecular weight excluding hydrogens is 203 g/mol. The summed E-state index contributed by atoms with van der Waals surface area (Å²) in [5.74, 6) is -2.99. The van der Waals surface area contributed by atoms with Gasteiger partial charge in [-0.3, -0.25) is 9.59 Å². The van der Waals surface area contributed by atoms with Crippen LogP contribution in [0.2, 0.25) is 0 Å². The van der Waals surface area contributed by atoms with Gasteiger partial charge in [0.05, 0.1) is 12.8 Å². The first-order valence-corrected chi connectivity index (χ1v) is 4.20. The zero-order chi connectivity index (χ0) is 11.4. The third-order valence-corrected chi connectivity index (χ3v) is 1.89. The lowest BCUT2D eigenvalue weighted by Gasteiger charge is -2.06. The Bertz CT molecular complexity index is 400. The highest BCUT2D eigenvalue weighted by atomic mass is 19.1. The van der Waals surface area contributed by atoms with Gasteiger partial charge in [0.25, 0.3) is 0 Å². The standard InChI is InChI=1S/C10H9FO4/c11-8-3-1-2-6(4-9(12)13)7(8)5-10(14)15/h1-3H,4-5H2,(H,12,13)(H,14,15). The van der Waals surface area contributed by atoms with Crippen LogP contribution in [0.4, 0.5) is 4.39 Å². The lowest BCUT2D eigenvalue weighted by molar-refractivity contribution is -0.137. The molecule has 0 saturated heterocycles. The molecule has 0 aliphatic heterocycles. The van der Waals surface area contributed by atoms with E-state index in [1.54, 1.807) is 0 Å². The van der Waals surface area contributed by atoms with E-state index < -0.39 is 24.2 Å². The maximum absolute atomic E-state index is 13.2. The molecule has 0 fully saturated rings. The number of carboxylic acids is 2. The number of carbonyl (C=O) groups is 2. The molecule has 1 aromatic carbocycles. The van der Waals surface area contributed by atoms with Crippen LogP contribution in [-0.2, 0) is 22.4 Å². The van der Waals surface area contributed by atoms with Crippen LogP contribution in [0.3, 0.4) is 0 Å². The van der Waals surface area contributed by atoms with Gasteiger partial charge in [0, 0.05) is 5.56 Å². The molecule has 1 rings (SSSR count). The largest absolute Gasteiger partial charge is 0.481 e. The van der Waals surface area contributed by atoms with Crippen LogP contribution in [-0.4, -0.2) is 22.2 Å². The van der Waals surface area contributed by atoms with Crippen LogP contribution in [0.1, 0.15) is 11.1 Å². The van der Waals surface area contributed by atoms with Crippen molar-refractivity contribution in [1.82, 2.24) is 0 Å². The quantitative estimate of drug-likeness (QED) is 0.783. The number of aliphatic carboxylic acids is 2. The van der Waals surface area contributed by atoms with E-state index in [2.05, 4.69) is 0 Å². The second kappa shape index (κ2) is 4.54. The molecule has 0 unspecified atom stereocenters. The second-order valence-corrected chi connectivity index (χ2v) is 3.02. The molecule has 15 heavy (non-hydrogen) atoms. The molecule has 2 N–H and O–H groups in total. The van der Waals surface area contributed by atoms with Gasteiger partial charge in [0.15, 0.2) is 0 Å². The fourth-order valence-electron chi connectivity index (χ4n) is 1.28. The van der Waals surface area contributed by atoms with Crippen molar-refractivity contribution in [3.63, 3.8) is 0 Å². The minimum Gasteiger partial charge on any atom is -0.481 e. The predicted molar refractivity (Wildman–Crippen MR) is 49.1 cm³/mol. The molecule has 1 aromatic rings. The van der Waals surface area contributed by atoms with Gasteiger partial charge in [-0.15, -0.1) is 0 Å². The van der Waals surface area contributed by atoms with Crippen molar-refractivity contribution in [2.24, 2.45) is 0 Å². The van der Waals surface area contributed by atoms with Crippen molar-refractivity contribution < 1.29 is 24.2 Å². The number of hydrogen-bond acceptors (Lipinski definition) is 2. The fraction of sp³-hybridized carbons (Fsp3) is 0.200. The van der Waals surface area contributed by atoms with E-state index in [9.17, 15) is 14.0 Å². The van der Waals surface area contributed by atoms with E-state index in [0.29, 0.717) is 0 Å². The van der Waals surface area contributed by atoms with Gasteiger partial charge in [-0.25, -0.2) is 4.39 Å². The van der Waals surface area contributed by atoms with Crippen molar-refractivity contribution >= 4 is 11.9 Å². The molecule has 0 bridgehead atoms. The fourth-order valence-corrected chi connectivity index (χ4v) is 1.28. The Morgan fingerprint density at radius 2 is 1.73 bits per heavy atom. The Labute approximate surface area is 85.0 Å². The summed E-state index contributed by atoms with van der Waals surface area (Å²) in [6.07, 6.45) is -0.879. The lowest BCUT2D eigenvalue weighted by Crippen LogP contribution is -2.09. The molecule has 5 heteroatoms. The summed E-state index contributed by atoms with van der Waals surface area (Å²) in [6.45, 7) is 0. The third-order valence-electron chi connectivity index (χ3n) is 1.89. The Kier molecular flexibility index (Phi) is 3.38. The highest BCUT2D eigenvalue weighted by Crippen LogP contribution is 2.15. The van der Waals surface area contributed by atoms with Crippen LogP contribution in [0, 0.1) is 5.82 Å². The lowest BCUT2D eigenvalue weighted by atomic mass is 10.0. The van der Waals surface area contributed by atoms with Crippen LogP contribution in [0.5, 0.6) is 0 Å². The van der Waals surface area contributed by atoms with E-state index in [-0.39, 0.29) is 17.5 Å². The zero-order valence-corrected chi connectivity index (χ0v) is 7.74.